The zero-order chi connectivity index (χ0) is 13.3. The number of nitrogens with one attached hydrogen (secondary N) is 1. The Hall–Kier alpha value is -1.95. The Morgan fingerprint density at radius 2 is 2.32 bits per heavy atom. The summed E-state index contributed by atoms with van der Waals surface area (Å²) in [5.74, 6) is 0.946. The highest BCUT2D eigenvalue weighted by Gasteiger charge is 2.35. The molecule has 1 unspecified atom stereocenters. The molecule has 0 amide bonds. The largest absolute Gasteiger partial charge is 0.365 e. The molecule has 1 aliphatic rings. The van der Waals surface area contributed by atoms with Gasteiger partial charge in [0.1, 0.15) is 17.7 Å². The highest BCUT2D eigenvalue weighted by molar-refractivity contribution is 5.40. The molecule has 6 heteroatoms. The Kier molecular flexibility index (Phi) is 2.94. The van der Waals surface area contributed by atoms with Gasteiger partial charge < -0.3 is 9.64 Å². The van der Waals surface area contributed by atoms with Crippen molar-refractivity contribution in [3.63, 3.8) is 0 Å². The molecule has 6 nitrogen and oxygen atoms in total. The van der Waals surface area contributed by atoms with Crippen LogP contribution < -0.4 is 4.90 Å². The number of hydrogen-bond acceptors (Lipinski definition) is 5. The molecule has 1 fully saturated rings. The third-order valence-corrected chi connectivity index (χ3v) is 3.46. The Morgan fingerprint density at radius 1 is 1.42 bits per heavy atom. The molecule has 100 valence electrons. The summed E-state index contributed by atoms with van der Waals surface area (Å²) in [4.78, 5) is 10.7. The molecule has 2 aromatic rings. The van der Waals surface area contributed by atoms with Gasteiger partial charge in [-0.1, -0.05) is 0 Å². The fourth-order valence-electron chi connectivity index (χ4n) is 2.39. The molecule has 0 radical (unpaired) electrons. The van der Waals surface area contributed by atoms with Crippen LogP contribution in [0, 0.1) is 6.92 Å². The number of H-pyrrole nitrogens is 1. The second-order valence-electron chi connectivity index (χ2n) is 4.99. The standard InChI is InChI=1S/C13H17N5O/c1-10-7-12(15-9-14-10)18-5-6-19-13(2,8-18)11-3-4-16-17-11/h3-4,7,9H,5-6,8H2,1-2H3,(H,16,17). The molecule has 0 saturated carbocycles. The Balaban J connectivity index is 1.86. The summed E-state index contributed by atoms with van der Waals surface area (Å²) in [5, 5.41) is 7.00. The maximum absolute atomic E-state index is 5.94. The summed E-state index contributed by atoms with van der Waals surface area (Å²) in [6.45, 7) is 6.28. The highest BCUT2D eigenvalue weighted by atomic mass is 16.5. The van der Waals surface area contributed by atoms with Crippen molar-refractivity contribution in [2.24, 2.45) is 0 Å². The van der Waals surface area contributed by atoms with Crippen LogP contribution in [-0.4, -0.2) is 39.9 Å². The minimum Gasteiger partial charge on any atom is -0.365 e. The number of anilines is 1. The van der Waals surface area contributed by atoms with Gasteiger partial charge in [-0.25, -0.2) is 9.97 Å². The molecule has 1 saturated heterocycles. The number of rotatable bonds is 2. The molecule has 19 heavy (non-hydrogen) atoms. The molecule has 3 rings (SSSR count). The summed E-state index contributed by atoms with van der Waals surface area (Å²) >= 11 is 0. The molecule has 2 aromatic heterocycles. The van der Waals surface area contributed by atoms with Gasteiger partial charge in [0.15, 0.2) is 0 Å². The van der Waals surface area contributed by atoms with Gasteiger partial charge in [0, 0.05) is 24.5 Å². The van der Waals surface area contributed by atoms with Crippen molar-refractivity contribution in [3.05, 3.63) is 36.0 Å². The van der Waals surface area contributed by atoms with Gasteiger partial charge in [0.2, 0.25) is 0 Å². The highest BCUT2D eigenvalue weighted by Crippen LogP contribution is 2.29. The predicted molar refractivity (Wildman–Crippen MR) is 70.9 cm³/mol. The maximum Gasteiger partial charge on any atom is 0.132 e. The zero-order valence-electron chi connectivity index (χ0n) is 11.1. The van der Waals surface area contributed by atoms with E-state index in [4.69, 9.17) is 4.74 Å². The summed E-state index contributed by atoms with van der Waals surface area (Å²) < 4.78 is 5.94. The van der Waals surface area contributed by atoms with Crippen LogP contribution in [0.1, 0.15) is 18.3 Å². The molecular formula is C13H17N5O. The number of hydrogen-bond donors (Lipinski definition) is 1. The van der Waals surface area contributed by atoms with Gasteiger partial charge in [-0.2, -0.15) is 5.10 Å². The topological polar surface area (TPSA) is 66.9 Å². The minimum atomic E-state index is -0.381. The molecule has 0 aromatic carbocycles. The lowest BCUT2D eigenvalue weighted by Gasteiger charge is -2.40. The van der Waals surface area contributed by atoms with Crippen molar-refractivity contribution in [2.45, 2.75) is 19.4 Å². The van der Waals surface area contributed by atoms with E-state index in [0.29, 0.717) is 6.61 Å². The lowest BCUT2D eigenvalue weighted by molar-refractivity contribution is -0.0498. The van der Waals surface area contributed by atoms with E-state index < -0.39 is 0 Å². The fraction of sp³-hybridized carbons (Fsp3) is 0.462. The van der Waals surface area contributed by atoms with Crippen molar-refractivity contribution in [3.8, 4) is 0 Å². The van der Waals surface area contributed by atoms with Crippen LogP contribution in [0.5, 0.6) is 0 Å². The lowest BCUT2D eigenvalue weighted by Crippen LogP contribution is -2.48. The molecule has 1 N–H and O–H groups in total. The van der Waals surface area contributed by atoms with Crippen molar-refractivity contribution < 1.29 is 4.74 Å². The number of ether oxygens (including phenoxy) is 1. The Morgan fingerprint density at radius 3 is 3.05 bits per heavy atom. The maximum atomic E-state index is 5.94. The Labute approximate surface area is 111 Å². The first-order valence-corrected chi connectivity index (χ1v) is 6.35. The molecule has 0 spiro atoms. The van der Waals surface area contributed by atoms with Crippen molar-refractivity contribution in [1.29, 1.82) is 0 Å². The number of nitrogens with zero attached hydrogens (tertiary/aromatic N) is 4. The fourth-order valence-corrected chi connectivity index (χ4v) is 2.39. The van der Waals surface area contributed by atoms with E-state index in [1.54, 1.807) is 12.5 Å². The van der Waals surface area contributed by atoms with Gasteiger partial charge in [-0.15, -0.1) is 0 Å². The van der Waals surface area contributed by atoms with E-state index >= 15 is 0 Å². The summed E-state index contributed by atoms with van der Waals surface area (Å²) in [5.41, 5.74) is 1.58. The summed E-state index contributed by atoms with van der Waals surface area (Å²) in [7, 11) is 0. The smallest absolute Gasteiger partial charge is 0.132 e. The van der Waals surface area contributed by atoms with Crippen LogP contribution in [0.3, 0.4) is 0 Å². The van der Waals surface area contributed by atoms with Crippen molar-refractivity contribution in [1.82, 2.24) is 20.2 Å². The van der Waals surface area contributed by atoms with E-state index in [1.807, 2.05) is 19.1 Å². The molecule has 0 bridgehead atoms. The number of aromatic nitrogens is 4. The zero-order valence-corrected chi connectivity index (χ0v) is 11.1. The summed E-state index contributed by atoms with van der Waals surface area (Å²) in [6.07, 6.45) is 3.35. The first-order valence-electron chi connectivity index (χ1n) is 6.35. The van der Waals surface area contributed by atoms with Gasteiger partial charge in [0.25, 0.3) is 0 Å². The first-order chi connectivity index (χ1) is 9.17. The van der Waals surface area contributed by atoms with E-state index in [2.05, 4.69) is 32.0 Å². The quantitative estimate of drug-likeness (QED) is 0.879. The molecule has 1 aliphatic heterocycles. The second kappa shape index (κ2) is 4.62. The van der Waals surface area contributed by atoms with Crippen LogP contribution in [0.25, 0.3) is 0 Å². The second-order valence-corrected chi connectivity index (χ2v) is 4.99. The first kappa shape index (κ1) is 12.1. The lowest BCUT2D eigenvalue weighted by atomic mass is 10.00. The van der Waals surface area contributed by atoms with Crippen LogP contribution in [0.15, 0.2) is 24.7 Å². The average Bonchev–Trinajstić information content (AvgIpc) is 2.93. The number of aromatic amines is 1. The average molecular weight is 259 g/mol. The van der Waals surface area contributed by atoms with E-state index in [1.165, 1.54) is 0 Å². The van der Waals surface area contributed by atoms with Crippen LogP contribution >= 0.6 is 0 Å². The Bertz CT molecular complexity index is 556. The van der Waals surface area contributed by atoms with Gasteiger partial charge in [0.05, 0.1) is 18.8 Å². The van der Waals surface area contributed by atoms with Crippen molar-refractivity contribution in [2.75, 3.05) is 24.6 Å². The monoisotopic (exact) mass is 259 g/mol. The third kappa shape index (κ3) is 2.31. The minimum absolute atomic E-state index is 0.381. The van der Waals surface area contributed by atoms with Crippen LogP contribution in [-0.2, 0) is 10.3 Å². The normalized spacial score (nSPS) is 23.6. The number of morpholine rings is 1. The van der Waals surface area contributed by atoms with Crippen molar-refractivity contribution >= 4 is 5.82 Å². The van der Waals surface area contributed by atoms with Gasteiger partial charge in [-0.05, 0) is 19.9 Å². The number of aryl methyl sites for hydroxylation is 1. The molecule has 0 aliphatic carbocycles. The molecule has 3 heterocycles. The summed E-state index contributed by atoms with van der Waals surface area (Å²) in [6, 6.07) is 3.95. The van der Waals surface area contributed by atoms with Gasteiger partial charge in [-0.3, -0.25) is 5.10 Å². The van der Waals surface area contributed by atoms with E-state index in [9.17, 15) is 0 Å². The SMILES string of the molecule is Cc1cc(N2CCOC(C)(c3ccn[nH]3)C2)ncn1. The van der Waals surface area contributed by atoms with Gasteiger partial charge >= 0.3 is 0 Å². The predicted octanol–water partition coefficient (Wildman–Crippen LogP) is 1.26. The van der Waals surface area contributed by atoms with Crippen LogP contribution in [0.4, 0.5) is 5.82 Å². The molecular weight excluding hydrogens is 242 g/mol. The van der Waals surface area contributed by atoms with Crippen LogP contribution in [0.2, 0.25) is 0 Å². The molecule has 1 atom stereocenters. The third-order valence-electron chi connectivity index (χ3n) is 3.46. The van der Waals surface area contributed by atoms with E-state index in [0.717, 1.165) is 30.3 Å². The van der Waals surface area contributed by atoms with E-state index in [-0.39, 0.29) is 5.60 Å².